The highest BCUT2D eigenvalue weighted by atomic mass is 16.5. The lowest BCUT2D eigenvalue weighted by Crippen LogP contribution is -2.24. The van der Waals surface area contributed by atoms with Crippen molar-refractivity contribution in [2.75, 3.05) is 12.0 Å². The lowest BCUT2D eigenvalue weighted by molar-refractivity contribution is 0.0996. The van der Waals surface area contributed by atoms with Crippen LogP contribution in [0.3, 0.4) is 0 Å². The number of benzene rings is 1. The van der Waals surface area contributed by atoms with E-state index in [2.05, 4.69) is 10.1 Å². The summed E-state index contributed by atoms with van der Waals surface area (Å²) in [5, 5.41) is 4.56. The third-order valence-electron chi connectivity index (χ3n) is 4.08. The molecule has 0 fully saturated rings. The second-order valence-electron chi connectivity index (χ2n) is 5.64. The Kier molecular flexibility index (Phi) is 3.49. The number of amides is 1. The van der Waals surface area contributed by atoms with Crippen molar-refractivity contribution in [2.24, 2.45) is 0 Å². The van der Waals surface area contributed by atoms with E-state index in [1.807, 2.05) is 47.3 Å². The van der Waals surface area contributed by atoms with E-state index in [9.17, 15) is 4.79 Å². The van der Waals surface area contributed by atoms with Crippen LogP contribution < -0.4 is 9.64 Å². The monoisotopic (exact) mass is 320 g/mol. The van der Waals surface area contributed by atoms with Crippen LogP contribution in [0.1, 0.15) is 21.6 Å². The van der Waals surface area contributed by atoms with Gasteiger partial charge in [-0.25, -0.2) is 0 Å². The van der Waals surface area contributed by atoms with Gasteiger partial charge in [0.1, 0.15) is 5.75 Å². The van der Waals surface area contributed by atoms with Crippen molar-refractivity contribution in [2.45, 2.75) is 13.1 Å². The molecule has 0 aliphatic carbocycles. The average Bonchev–Trinajstić information content (AvgIpc) is 3.15. The quantitative estimate of drug-likeness (QED) is 0.741. The predicted octanol–water partition coefficient (Wildman–Crippen LogP) is 2.50. The molecule has 1 aliphatic rings. The summed E-state index contributed by atoms with van der Waals surface area (Å²) in [7, 11) is 1.65. The van der Waals surface area contributed by atoms with Gasteiger partial charge in [0.2, 0.25) is 0 Å². The molecule has 0 atom stereocenters. The molecule has 120 valence electrons. The molecular formula is C18H16N4O2. The first-order valence-corrected chi connectivity index (χ1v) is 7.66. The minimum Gasteiger partial charge on any atom is -0.497 e. The second kappa shape index (κ2) is 5.81. The summed E-state index contributed by atoms with van der Waals surface area (Å²) in [5.41, 5.74) is 3.36. The number of carbonyl (C=O) groups excluding carboxylic acids is 1. The molecule has 6 nitrogen and oxygen atoms in total. The van der Waals surface area contributed by atoms with E-state index in [1.165, 1.54) is 0 Å². The third-order valence-corrected chi connectivity index (χ3v) is 4.08. The van der Waals surface area contributed by atoms with Gasteiger partial charge in [0.25, 0.3) is 5.91 Å². The Bertz CT molecular complexity index is 872. The fourth-order valence-corrected chi connectivity index (χ4v) is 2.84. The lowest BCUT2D eigenvalue weighted by atomic mass is 10.2. The second-order valence-corrected chi connectivity index (χ2v) is 5.64. The standard InChI is InChI=1S/C18H16N4O2/c1-24-15-6-4-13(5-7-15)10-21-11-16-17(20-21)12-22(18(16)23)14-3-2-8-19-9-14/h2-9,11H,10,12H2,1H3. The third kappa shape index (κ3) is 2.52. The van der Waals surface area contributed by atoms with Gasteiger partial charge < -0.3 is 9.64 Å². The van der Waals surface area contributed by atoms with Gasteiger partial charge in [0.15, 0.2) is 0 Å². The number of hydrogen-bond donors (Lipinski definition) is 0. The highest BCUT2D eigenvalue weighted by Crippen LogP contribution is 2.27. The molecule has 1 amide bonds. The van der Waals surface area contributed by atoms with Gasteiger partial charge in [-0.3, -0.25) is 14.5 Å². The van der Waals surface area contributed by atoms with Crippen molar-refractivity contribution in [3.63, 3.8) is 0 Å². The molecule has 1 aromatic carbocycles. The van der Waals surface area contributed by atoms with Gasteiger partial charge in [-0.15, -0.1) is 0 Å². The minimum atomic E-state index is -0.0287. The van der Waals surface area contributed by atoms with E-state index < -0.39 is 0 Å². The molecule has 0 spiro atoms. The summed E-state index contributed by atoms with van der Waals surface area (Å²) < 4.78 is 6.97. The highest BCUT2D eigenvalue weighted by molar-refractivity contribution is 6.09. The zero-order chi connectivity index (χ0) is 16.5. The fraction of sp³-hybridized carbons (Fsp3) is 0.167. The number of methoxy groups -OCH3 is 1. The van der Waals surface area contributed by atoms with Crippen LogP contribution in [0.15, 0.2) is 55.0 Å². The molecule has 2 aromatic heterocycles. The van der Waals surface area contributed by atoms with Crippen LogP contribution in [0, 0.1) is 0 Å². The molecule has 6 heteroatoms. The van der Waals surface area contributed by atoms with Gasteiger partial charge in [-0.1, -0.05) is 12.1 Å². The number of anilines is 1. The Morgan fingerprint density at radius 1 is 1.21 bits per heavy atom. The van der Waals surface area contributed by atoms with Crippen LogP contribution in [0.2, 0.25) is 0 Å². The van der Waals surface area contributed by atoms with Crippen LogP contribution in [-0.2, 0) is 13.1 Å². The smallest absolute Gasteiger partial charge is 0.262 e. The molecular weight excluding hydrogens is 304 g/mol. The molecule has 0 saturated heterocycles. The van der Waals surface area contributed by atoms with Crippen molar-refractivity contribution in [1.29, 1.82) is 0 Å². The number of aromatic nitrogens is 3. The number of pyridine rings is 1. The minimum absolute atomic E-state index is 0.0287. The maximum atomic E-state index is 12.6. The zero-order valence-electron chi connectivity index (χ0n) is 13.2. The zero-order valence-corrected chi connectivity index (χ0v) is 13.2. The van der Waals surface area contributed by atoms with Crippen molar-refractivity contribution in [3.8, 4) is 5.75 Å². The molecule has 0 bridgehead atoms. The largest absolute Gasteiger partial charge is 0.497 e. The lowest BCUT2D eigenvalue weighted by Gasteiger charge is -2.15. The molecule has 3 heterocycles. The van der Waals surface area contributed by atoms with Crippen LogP contribution in [-0.4, -0.2) is 27.8 Å². The number of carbonyl (C=O) groups is 1. The average molecular weight is 320 g/mol. The van der Waals surface area contributed by atoms with Gasteiger partial charge in [0.05, 0.1) is 43.3 Å². The molecule has 4 rings (SSSR count). The van der Waals surface area contributed by atoms with E-state index >= 15 is 0 Å². The molecule has 1 aliphatic heterocycles. The van der Waals surface area contributed by atoms with Crippen LogP contribution in [0.5, 0.6) is 5.75 Å². The van der Waals surface area contributed by atoms with E-state index in [1.54, 1.807) is 24.4 Å². The first kappa shape index (κ1) is 14.4. The Labute approximate surface area is 139 Å². The Morgan fingerprint density at radius 2 is 2.04 bits per heavy atom. The number of ether oxygens (including phenoxy) is 1. The summed E-state index contributed by atoms with van der Waals surface area (Å²) in [5.74, 6) is 0.794. The SMILES string of the molecule is COc1ccc(Cn2cc3c(n2)CN(c2cccnc2)C3=O)cc1. The molecule has 3 aromatic rings. The first-order chi connectivity index (χ1) is 11.7. The maximum absolute atomic E-state index is 12.6. The van der Waals surface area contributed by atoms with Crippen LogP contribution in [0.25, 0.3) is 0 Å². The van der Waals surface area contributed by atoms with E-state index in [4.69, 9.17) is 4.74 Å². The van der Waals surface area contributed by atoms with Crippen LogP contribution >= 0.6 is 0 Å². The Morgan fingerprint density at radius 3 is 2.71 bits per heavy atom. The molecule has 0 unspecified atom stereocenters. The summed E-state index contributed by atoms with van der Waals surface area (Å²) in [6.45, 7) is 1.10. The van der Waals surface area contributed by atoms with Gasteiger partial charge in [-0.2, -0.15) is 5.10 Å². The van der Waals surface area contributed by atoms with Crippen LogP contribution in [0.4, 0.5) is 5.69 Å². The maximum Gasteiger partial charge on any atom is 0.262 e. The number of rotatable bonds is 4. The van der Waals surface area contributed by atoms with Gasteiger partial charge >= 0.3 is 0 Å². The van der Waals surface area contributed by atoms with Crippen molar-refractivity contribution in [1.82, 2.24) is 14.8 Å². The molecule has 0 radical (unpaired) electrons. The van der Waals surface area contributed by atoms with Gasteiger partial charge in [0, 0.05) is 12.4 Å². The van der Waals surface area contributed by atoms with Crippen molar-refractivity contribution < 1.29 is 9.53 Å². The van der Waals surface area contributed by atoms with Crippen molar-refractivity contribution >= 4 is 11.6 Å². The molecule has 24 heavy (non-hydrogen) atoms. The fourth-order valence-electron chi connectivity index (χ4n) is 2.84. The summed E-state index contributed by atoms with van der Waals surface area (Å²) in [4.78, 5) is 18.3. The molecule has 0 N–H and O–H groups in total. The Balaban J connectivity index is 1.53. The normalized spacial score (nSPS) is 13.2. The van der Waals surface area contributed by atoms with E-state index in [0.29, 0.717) is 18.7 Å². The molecule has 0 saturated carbocycles. The number of hydrogen-bond acceptors (Lipinski definition) is 4. The number of fused-ring (bicyclic) bond motifs is 1. The van der Waals surface area contributed by atoms with Gasteiger partial charge in [-0.05, 0) is 29.8 Å². The summed E-state index contributed by atoms with van der Waals surface area (Å²) in [6, 6.07) is 11.5. The summed E-state index contributed by atoms with van der Waals surface area (Å²) >= 11 is 0. The number of nitrogens with zero attached hydrogens (tertiary/aromatic N) is 4. The highest BCUT2D eigenvalue weighted by Gasteiger charge is 2.31. The van der Waals surface area contributed by atoms with E-state index in [-0.39, 0.29) is 5.91 Å². The van der Waals surface area contributed by atoms with Crippen molar-refractivity contribution in [3.05, 3.63) is 71.8 Å². The topological polar surface area (TPSA) is 60.2 Å². The first-order valence-electron chi connectivity index (χ1n) is 7.66. The summed E-state index contributed by atoms with van der Waals surface area (Å²) in [6.07, 6.45) is 5.20. The predicted molar refractivity (Wildman–Crippen MR) is 89.1 cm³/mol. The van der Waals surface area contributed by atoms with E-state index in [0.717, 1.165) is 22.7 Å². The Hall–Kier alpha value is -3.15.